The Morgan fingerprint density at radius 1 is 1.18 bits per heavy atom. The third kappa shape index (κ3) is 6.20. The van der Waals surface area contributed by atoms with Crippen molar-refractivity contribution in [3.63, 3.8) is 0 Å². The molecule has 5 rings (SSSR count). The zero-order valence-electron chi connectivity index (χ0n) is 19.9. The number of nitrogens with one attached hydrogen (secondary N) is 1. The number of amides is 1. The van der Waals surface area contributed by atoms with E-state index >= 15 is 0 Å². The topological polar surface area (TPSA) is 153 Å². The number of carbonyl (C=O) groups is 2. The van der Waals surface area contributed by atoms with E-state index in [1.807, 2.05) is 30.3 Å². The largest absolute Gasteiger partial charge is 0.490 e. The molecule has 2 N–H and O–H groups in total. The number of para-hydroxylation sites is 1. The first-order chi connectivity index (χ1) is 18.1. The summed E-state index contributed by atoms with van der Waals surface area (Å²) in [5, 5.41) is 23.0. The van der Waals surface area contributed by atoms with Gasteiger partial charge in [-0.1, -0.05) is 23.4 Å². The lowest BCUT2D eigenvalue weighted by atomic mass is 10.2. The minimum absolute atomic E-state index is 0.0616. The van der Waals surface area contributed by atoms with E-state index in [4.69, 9.17) is 14.6 Å². The second kappa shape index (κ2) is 11.2. The van der Waals surface area contributed by atoms with Crippen molar-refractivity contribution in [2.24, 2.45) is 7.05 Å². The lowest BCUT2D eigenvalue weighted by molar-refractivity contribution is -0.192. The van der Waals surface area contributed by atoms with Gasteiger partial charge in [-0.15, -0.1) is 5.10 Å². The Morgan fingerprint density at radius 3 is 2.58 bits per heavy atom. The molecule has 200 valence electrons. The van der Waals surface area contributed by atoms with Crippen LogP contribution in [0.3, 0.4) is 0 Å². The summed E-state index contributed by atoms with van der Waals surface area (Å²) < 4.78 is 40.9. The molecule has 1 aliphatic heterocycles. The summed E-state index contributed by atoms with van der Waals surface area (Å²) in [6.07, 6.45) is -2.21. The number of halogens is 3. The van der Waals surface area contributed by atoms with Gasteiger partial charge >= 0.3 is 12.1 Å². The predicted molar refractivity (Wildman–Crippen MR) is 125 cm³/mol. The Bertz CT molecular complexity index is 1410. The number of hydrogen-bond donors (Lipinski definition) is 2. The minimum Gasteiger partial charge on any atom is -0.475 e. The molecular formula is C22H22F3N9O4. The highest BCUT2D eigenvalue weighted by molar-refractivity contribution is 5.92. The third-order valence-corrected chi connectivity index (χ3v) is 5.42. The Balaban J connectivity index is 0.000000426. The summed E-state index contributed by atoms with van der Waals surface area (Å²) >= 11 is 0. The fraction of sp³-hybridized carbons (Fsp3) is 0.318. The van der Waals surface area contributed by atoms with Crippen molar-refractivity contribution < 1.29 is 32.6 Å². The normalized spacial score (nSPS) is 15.6. The summed E-state index contributed by atoms with van der Waals surface area (Å²) in [6, 6.07) is 11.4. The van der Waals surface area contributed by atoms with Crippen LogP contribution in [0.5, 0.6) is 0 Å². The summed E-state index contributed by atoms with van der Waals surface area (Å²) in [5.74, 6) is -2.24. The smallest absolute Gasteiger partial charge is 0.475 e. The maximum absolute atomic E-state index is 12.8. The van der Waals surface area contributed by atoms with E-state index in [1.54, 1.807) is 33.6 Å². The van der Waals surface area contributed by atoms with Crippen LogP contribution in [0.1, 0.15) is 10.5 Å². The summed E-state index contributed by atoms with van der Waals surface area (Å²) in [5.41, 5.74) is 2.63. The van der Waals surface area contributed by atoms with E-state index in [0.717, 1.165) is 5.69 Å². The molecule has 0 aliphatic carbocycles. The molecule has 1 fully saturated rings. The number of nitrogens with zero attached hydrogens (tertiary/aromatic N) is 8. The van der Waals surface area contributed by atoms with Crippen LogP contribution in [0.2, 0.25) is 0 Å². The molecule has 4 heterocycles. The molecular weight excluding hydrogens is 511 g/mol. The van der Waals surface area contributed by atoms with E-state index in [0.29, 0.717) is 48.9 Å². The molecule has 0 radical (unpaired) electrons. The van der Waals surface area contributed by atoms with Crippen molar-refractivity contribution in [3.05, 3.63) is 54.6 Å². The first kappa shape index (κ1) is 26.5. The average Bonchev–Trinajstić information content (AvgIpc) is 3.51. The van der Waals surface area contributed by atoms with E-state index in [1.165, 1.54) is 6.33 Å². The number of benzene rings is 1. The zero-order chi connectivity index (χ0) is 27.3. The van der Waals surface area contributed by atoms with Crippen LogP contribution in [0.25, 0.3) is 11.2 Å². The highest BCUT2D eigenvalue weighted by Crippen LogP contribution is 2.21. The van der Waals surface area contributed by atoms with Gasteiger partial charge in [0.1, 0.15) is 12.0 Å². The van der Waals surface area contributed by atoms with Gasteiger partial charge in [-0.05, 0) is 18.2 Å². The fourth-order valence-electron chi connectivity index (χ4n) is 3.62. The number of ether oxygens (including phenoxy) is 1. The van der Waals surface area contributed by atoms with Crippen LogP contribution < -0.4 is 5.32 Å². The first-order valence-corrected chi connectivity index (χ1v) is 11.2. The van der Waals surface area contributed by atoms with Gasteiger partial charge in [-0.25, -0.2) is 19.4 Å². The summed E-state index contributed by atoms with van der Waals surface area (Å²) in [6.45, 7) is 1.86. The lowest BCUT2D eigenvalue weighted by Crippen LogP contribution is -2.47. The van der Waals surface area contributed by atoms with E-state index in [2.05, 4.69) is 30.7 Å². The number of alkyl halides is 3. The van der Waals surface area contributed by atoms with Crippen LogP contribution in [-0.4, -0.2) is 88.6 Å². The molecule has 1 atom stereocenters. The molecule has 0 saturated carbocycles. The van der Waals surface area contributed by atoms with Crippen molar-refractivity contribution in [3.8, 4) is 0 Å². The van der Waals surface area contributed by atoms with Gasteiger partial charge in [0, 0.05) is 32.0 Å². The molecule has 16 heteroatoms. The van der Waals surface area contributed by atoms with Gasteiger partial charge in [-0.2, -0.15) is 18.3 Å². The second-order valence-corrected chi connectivity index (χ2v) is 8.04. The van der Waals surface area contributed by atoms with Crippen LogP contribution >= 0.6 is 0 Å². The highest BCUT2D eigenvalue weighted by Gasteiger charge is 2.38. The van der Waals surface area contributed by atoms with Crippen LogP contribution in [-0.2, 0) is 23.1 Å². The first-order valence-electron chi connectivity index (χ1n) is 11.2. The van der Waals surface area contributed by atoms with Gasteiger partial charge in [0.25, 0.3) is 5.91 Å². The third-order valence-electron chi connectivity index (χ3n) is 5.42. The Labute approximate surface area is 212 Å². The number of aromatic nitrogens is 7. The summed E-state index contributed by atoms with van der Waals surface area (Å²) in [4.78, 5) is 32.1. The number of hydrogen-bond acceptors (Lipinski definition) is 9. The molecule has 13 nitrogen and oxygen atoms in total. The van der Waals surface area contributed by atoms with Crippen molar-refractivity contribution in [1.29, 1.82) is 0 Å². The standard InChI is InChI=1S/C20H21N9O2.C2HF3O2/c1-27-16(7-8-23-27)20(30)28-9-10-31-15(11-28)12-29-19-17(25-26-29)18(21-13-22-19)24-14-5-3-2-4-6-14;3-2(4,5)1(6)7/h2-8,13,15H,9-12H2,1H3,(H,21,22,24);(H,6,7). The summed E-state index contributed by atoms with van der Waals surface area (Å²) in [7, 11) is 1.76. The fourth-order valence-corrected chi connectivity index (χ4v) is 3.62. The van der Waals surface area contributed by atoms with E-state index in [9.17, 15) is 18.0 Å². The molecule has 1 amide bonds. The van der Waals surface area contributed by atoms with Gasteiger partial charge < -0.3 is 20.1 Å². The van der Waals surface area contributed by atoms with E-state index < -0.39 is 12.1 Å². The number of carbonyl (C=O) groups excluding carboxylic acids is 1. The van der Waals surface area contributed by atoms with Gasteiger partial charge in [0.15, 0.2) is 17.0 Å². The number of fused-ring (bicyclic) bond motifs is 1. The second-order valence-electron chi connectivity index (χ2n) is 8.04. The number of aryl methyl sites for hydroxylation is 1. The Kier molecular flexibility index (Phi) is 7.80. The maximum Gasteiger partial charge on any atom is 0.490 e. The Morgan fingerprint density at radius 2 is 1.92 bits per heavy atom. The molecule has 1 unspecified atom stereocenters. The van der Waals surface area contributed by atoms with Crippen molar-refractivity contribution in [2.45, 2.75) is 18.8 Å². The van der Waals surface area contributed by atoms with Gasteiger partial charge in [0.05, 0.1) is 19.3 Å². The number of morpholine rings is 1. The monoisotopic (exact) mass is 533 g/mol. The maximum atomic E-state index is 12.8. The highest BCUT2D eigenvalue weighted by atomic mass is 19.4. The van der Waals surface area contributed by atoms with Crippen LogP contribution in [0.15, 0.2) is 48.9 Å². The number of anilines is 2. The van der Waals surface area contributed by atoms with Crippen molar-refractivity contribution in [2.75, 3.05) is 25.0 Å². The molecule has 38 heavy (non-hydrogen) atoms. The van der Waals surface area contributed by atoms with Crippen molar-refractivity contribution in [1.82, 2.24) is 39.6 Å². The lowest BCUT2D eigenvalue weighted by Gasteiger charge is -2.32. The quantitative estimate of drug-likeness (QED) is 0.389. The molecule has 1 aliphatic rings. The molecule has 3 aromatic heterocycles. The average molecular weight is 533 g/mol. The molecule has 4 aromatic rings. The zero-order valence-corrected chi connectivity index (χ0v) is 19.9. The molecule has 0 bridgehead atoms. The number of rotatable bonds is 5. The number of aliphatic carboxylic acids is 1. The van der Waals surface area contributed by atoms with Crippen LogP contribution in [0.4, 0.5) is 24.7 Å². The Hall–Kier alpha value is -4.60. The van der Waals surface area contributed by atoms with Crippen molar-refractivity contribution >= 4 is 34.5 Å². The van der Waals surface area contributed by atoms with Gasteiger partial charge in [0.2, 0.25) is 0 Å². The van der Waals surface area contributed by atoms with Gasteiger partial charge in [-0.3, -0.25) is 9.48 Å². The van der Waals surface area contributed by atoms with Crippen LogP contribution in [0, 0.1) is 0 Å². The SMILES string of the molecule is Cn1nccc1C(=O)N1CCOC(Cn2nnc3c(Nc4ccccc4)ncnc32)C1.O=C(O)C(F)(F)F. The molecule has 1 aromatic carbocycles. The minimum atomic E-state index is -5.08. The predicted octanol–water partition coefficient (Wildman–Crippen LogP) is 1.87. The molecule has 1 saturated heterocycles. The molecule has 0 spiro atoms. The number of carboxylic acid groups (broad SMARTS) is 1. The number of carboxylic acids is 1. The van der Waals surface area contributed by atoms with E-state index in [-0.39, 0.29) is 12.0 Å².